The molecule has 1 unspecified atom stereocenters. The van der Waals surface area contributed by atoms with Crippen molar-refractivity contribution in [3.63, 3.8) is 0 Å². The van der Waals surface area contributed by atoms with Gasteiger partial charge in [0, 0.05) is 15.6 Å². The van der Waals surface area contributed by atoms with Crippen molar-refractivity contribution in [2.45, 2.75) is 13.0 Å². The molecule has 0 radical (unpaired) electrons. The molecule has 0 saturated heterocycles. The van der Waals surface area contributed by atoms with Gasteiger partial charge in [0.05, 0.1) is 17.7 Å². The van der Waals surface area contributed by atoms with E-state index in [9.17, 15) is 4.39 Å². The summed E-state index contributed by atoms with van der Waals surface area (Å²) < 4.78 is 19.9. The van der Waals surface area contributed by atoms with E-state index in [1.165, 1.54) is 23.5 Å². The smallest absolute Gasteiger partial charge is 0.149 e. The van der Waals surface area contributed by atoms with E-state index in [0.29, 0.717) is 36.4 Å². The first kappa shape index (κ1) is 20.2. The van der Waals surface area contributed by atoms with Crippen LogP contribution in [0.3, 0.4) is 0 Å². The number of benzene rings is 2. The first-order valence-corrected chi connectivity index (χ1v) is 9.96. The summed E-state index contributed by atoms with van der Waals surface area (Å²) in [5.41, 5.74) is 7.86. The van der Waals surface area contributed by atoms with Gasteiger partial charge in [-0.25, -0.2) is 4.39 Å². The van der Waals surface area contributed by atoms with Crippen molar-refractivity contribution in [2.24, 2.45) is 5.73 Å². The minimum atomic E-state index is -0.459. The highest BCUT2D eigenvalue weighted by atomic mass is 79.9. The molecule has 0 fully saturated rings. The van der Waals surface area contributed by atoms with Crippen molar-refractivity contribution in [3.8, 4) is 26.9 Å². The molecule has 0 aliphatic carbocycles. The standard InChI is InChI=1S/C18H16BrClFN3O2S/c1-9-2-14(15(20)6-16(9)26-8-13(22)7-25)18-24-23-17(27-18)10-3-11(19)5-12(21)4-10/h2-6,13,25H,7-8,22H2,1H3. The van der Waals surface area contributed by atoms with Crippen LogP contribution in [0.5, 0.6) is 5.75 Å². The molecule has 3 aromatic rings. The summed E-state index contributed by atoms with van der Waals surface area (Å²) in [7, 11) is 0. The minimum absolute atomic E-state index is 0.158. The molecule has 0 amide bonds. The number of halogens is 3. The number of nitrogens with two attached hydrogens (primary N) is 1. The monoisotopic (exact) mass is 471 g/mol. The van der Waals surface area contributed by atoms with Crippen LogP contribution >= 0.6 is 38.9 Å². The molecule has 3 rings (SSSR count). The lowest BCUT2D eigenvalue weighted by molar-refractivity contribution is 0.206. The lowest BCUT2D eigenvalue weighted by Crippen LogP contribution is -2.31. The fourth-order valence-electron chi connectivity index (χ4n) is 2.36. The van der Waals surface area contributed by atoms with E-state index in [0.717, 1.165) is 5.56 Å². The zero-order valence-corrected chi connectivity index (χ0v) is 17.4. The summed E-state index contributed by atoms with van der Waals surface area (Å²) in [5, 5.41) is 19.0. The van der Waals surface area contributed by atoms with Gasteiger partial charge in [-0.15, -0.1) is 10.2 Å². The van der Waals surface area contributed by atoms with Gasteiger partial charge in [0.25, 0.3) is 0 Å². The number of ether oxygens (including phenoxy) is 1. The van der Waals surface area contributed by atoms with Crippen LogP contribution < -0.4 is 10.5 Å². The van der Waals surface area contributed by atoms with Gasteiger partial charge in [-0.05, 0) is 42.8 Å². The maximum Gasteiger partial charge on any atom is 0.149 e. The quantitative estimate of drug-likeness (QED) is 0.554. The maximum absolute atomic E-state index is 13.6. The summed E-state index contributed by atoms with van der Waals surface area (Å²) in [4.78, 5) is 0. The molecule has 0 aliphatic heterocycles. The highest BCUT2D eigenvalue weighted by molar-refractivity contribution is 9.10. The molecule has 0 saturated carbocycles. The van der Waals surface area contributed by atoms with E-state index in [-0.39, 0.29) is 19.0 Å². The van der Waals surface area contributed by atoms with Gasteiger partial charge in [-0.2, -0.15) is 0 Å². The fraction of sp³-hybridized carbons (Fsp3) is 0.222. The molecule has 9 heteroatoms. The van der Waals surface area contributed by atoms with E-state index in [1.807, 2.05) is 13.0 Å². The second-order valence-corrected chi connectivity index (χ2v) is 8.22. The number of aliphatic hydroxyl groups excluding tert-OH is 1. The summed E-state index contributed by atoms with van der Waals surface area (Å²) >= 11 is 11.0. The van der Waals surface area contributed by atoms with E-state index >= 15 is 0 Å². The van der Waals surface area contributed by atoms with Gasteiger partial charge in [0.2, 0.25) is 0 Å². The Hall–Kier alpha value is -1.58. The number of hydrogen-bond acceptors (Lipinski definition) is 6. The molecule has 0 bridgehead atoms. The third-order valence-corrected chi connectivity index (χ3v) is 5.49. The molecular formula is C18H16BrClFN3O2S. The van der Waals surface area contributed by atoms with Crippen LogP contribution in [-0.4, -0.2) is 34.6 Å². The molecule has 3 N–H and O–H groups in total. The van der Waals surface area contributed by atoms with Crippen molar-refractivity contribution >= 4 is 38.9 Å². The summed E-state index contributed by atoms with van der Waals surface area (Å²) in [5.74, 6) is 0.235. The lowest BCUT2D eigenvalue weighted by Gasteiger charge is -2.14. The second kappa shape index (κ2) is 8.62. The summed E-state index contributed by atoms with van der Waals surface area (Å²) in [6, 6.07) is 7.65. The van der Waals surface area contributed by atoms with Gasteiger partial charge in [0.1, 0.15) is 28.2 Å². The third-order valence-electron chi connectivity index (χ3n) is 3.72. The Morgan fingerprint density at radius 1 is 1.26 bits per heavy atom. The Morgan fingerprint density at radius 3 is 2.70 bits per heavy atom. The van der Waals surface area contributed by atoms with E-state index in [1.54, 1.807) is 12.1 Å². The highest BCUT2D eigenvalue weighted by Gasteiger charge is 2.15. The molecule has 2 aromatic carbocycles. The SMILES string of the molecule is Cc1cc(-c2nnc(-c3cc(F)cc(Br)c3)s2)c(Cl)cc1OCC(N)CO. The van der Waals surface area contributed by atoms with Gasteiger partial charge in [0.15, 0.2) is 0 Å². The van der Waals surface area contributed by atoms with Crippen LogP contribution in [0.4, 0.5) is 4.39 Å². The molecular weight excluding hydrogens is 457 g/mol. The zero-order chi connectivity index (χ0) is 19.6. The number of nitrogens with zero attached hydrogens (tertiary/aromatic N) is 2. The van der Waals surface area contributed by atoms with E-state index in [4.69, 9.17) is 27.2 Å². The number of hydrogen-bond donors (Lipinski definition) is 2. The molecule has 27 heavy (non-hydrogen) atoms. The Labute approximate surface area is 173 Å². The van der Waals surface area contributed by atoms with Crippen molar-refractivity contribution in [3.05, 3.63) is 51.2 Å². The second-order valence-electron chi connectivity index (χ2n) is 5.92. The zero-order valence-electron chi connectivity index (χ0n) is 14.2. The number of aryl methyl sites for hydroxylation is 1. The third kappa shape index (κ3) is 4.83. The average molecular weight is 473 g/mol. The maximum atomic E-state index is 13.6. The van der Waals surface area contributed by atoms with Crippen LogP contribution in [0.1, 0.15) is 5.56 Å². The molecule has 0 aliphatic rings. The molecule has 5 nitrogen and oxygen atoms in total. The van der Waals surface area contributed by atoms with Crippen LogP contribution in [0.15, 0.2) is 34.8 Å². The minimum Gasteiger partial charge on any atom is -0.492 e. The first-order valence-electron chi connectivity index (χ1n) is 7.97. The Kier molecular flexibility index (Phi) is 6.44. The summed E-state index contributed by atoms with van der Waals surface area (Å²) in [6.45, 7) is 1.91. The van der Waals surface area contributed by atoms with Gasteiger partial charge < -0.3 is 15.6 Å². The predicted octanol–water partition coefficient (Wildman–Crippen LogP) is 4.43. The van der Waals surface area contributed by atoms with Gasteiger partial charge in [-0.1, -0.05) is 38.9 Å². The first-order chi connectivity index (χ1) is 12.9. The normalized spacial score (nSPS) is 12.2. The largest absolute Gasteiger partial charge is 0.492 e. The van der Waals surface area contributed by atoms with Crippen molar-refractivity contribution in [2.75, 3.05) is 13.2 Å². The van der Waals surface area contributed by atoms with Crippen molar-refractivity contribution in [1.29, 1.82) is 0 Å². The van der Waals surface area contributed by atoms with E-state index < -0.39 is 6.04 Å². The summed E-state index contributed by atoms with van der Waals surface area (Å²) in [6.07, 6.45) is 0. The van der Waals surface area contributed by atoms with Crippen LogP contribution in [0, 0.1) is 12.7 Å². The molecule has 1 aromatic heterocycles. The Morgan fingerprint density at radius 2 is 2.00 bits per heavy atom. The number of rotatable bonds is 6. The van der Waals surface area contributed by atoms with Crippen LogP contribution in [0.2, 0.25) is 5.02 Å². The number of aliphatic hydroxyl groups is 1. The molecule has 142 valence electrons. The molecule has 1 heterocycles. The Balaban J connectivity index is 1.89. The fourth-order valence-corrected chi connectivity index (χ4v) is 3.98. The van der Waals surface area contributed by atoms with Crippen LogP contribution in [-0.2, 0) is 0 Å². The molecule has 0 spiro atoms. The topological polar surface area (TPSA) is 81.3 Å². The number of aromatic nitrogens is 2. The average Bonchev–Trinajstić information content (AvgIpc) is 3.10. The molecule has 1 atom stereocenters. The Bertz CT molecular complexity index is 950. The van der Waals surface area contributed by atoms with Gasteiger partial charge in [-0.3, -0.25) is 0 Å². The predicted molar refractivity (Wildman–Crippen MR) is 109 cm³/mol. The van der Waals surface area contributed by atoms with Crippen molar-refractivity contribution < 1.29 is 14.2 Å². The van der Waals surface area contributed by atoms with Gasteiger partial charge >= 0.3 is 0 Å². The van der Waals surface area contributed by atoms with Crippen molar-refractivity contribution in [1.82, 2.24) is 10.2 Å². The van der Waals surface area contributed by atoms with Crippen LogP contribution in [0.25, 0.3) is 21.1 Å². The van der Waals surface area contributed by atoms with E-state index in [2.05, 4.69) is 26.1 Å². The lowest BCUT2D eigenvalue weighted by atomic mass is 10.1. The highest BCUT2D eigenvalue weighted by Crippen LogP contribution is 2.37.